The fourth-order valence-electron chi connectivity index (χ4n) is 3.75. The molecule has 0 bridgehead atoms. The summed E-state index contributed by atoms with van der Waals surface area (Å²) in [5.74, 6) is -0.822. The van der Waals surface area contributed by atoms with Gasteiger partial charge in [0.25, 0.3) is 0 Å². The molecule has 26 heavy (non-hydrogen) atoms. The van der Waals surface area contributed by atoms with E-state index in [-0.39, 0.29) is 42.4 Å². The Hall–Kier alpha value is -2.50. The molecule has 0 radical (unpaired) electrons. The van der Waals surface area contributed by atoms with Gasteiger partial charge in [-0.3, -0.25) is 24.1 Å². The third kappa shape index (κ3) is 3.69. The van der Waals surface area contributed by atoms with Crippen LogP contribution >= 0.6 is 0 Å². The second kappa shape index (κ2) is 7.81. The minimum atomic E-state index is -0.505. The number of carbonyl (C=O) groups is 4. The maximum Gasteiger partial charge on any atom is 0.312 e. The van der Waals surface area contributed by atoms with Crippen molar-refractivity contribution in [2.75, 3.05) is 6.54 Å². The zero-order chi connectivity index (χ0) is 18.7. The Bertz CT molecular complexity index is 700. The van der Waals surface area contributed by atoms with Gasteiger partial charge in [-0.05, 0) is 37.1 Å². The second-order valence-corrected chi connectivity index (χ2v) is 6.85. The quantitative estimate of drug-likeness (QED) is 0.338. The van der Waals surface area contributed by atoms with Crippen molar-refractivity contribution in [3.63, 3.8) is 0 Å². The summed E-state index contributed by atoms with van der Waals surface area (Å²) in [6.07, 6.45) is 3.86. The lowest BCUT2D eigenvalue weighted by molar-refractivity contribution is -0.141. The molecule has 1 aliphatic carbocycles. The molecule has 2 fully saturated rings. The van der Waals surface area contributed by atoms with Gasteiger partial charge in [-0.1, -0.05) is 19.8 Å². The van der Waals surface area contributed by atoms with Crippen LogP contribution < -0.4 is 4.74 Å². The predicted molar refractivity (Wildman–Crippen MR) is 93.5 cm³/mol. The third-order valence-electron chi connectivity index (χ3n) is 5.20. The van der Waals surface area contributed by atoms with Crippen molar-refractivity contribution < 1.29 is 23.9 Å². The average molecular weight is 357 g/mol. The molecule has 2 aliphatic rings. The van der Waals surface area contributed by atoms with E-state index in [0.29, 0.717) is 17.7 Å². The number of rotatable bonds is 6. The second-order valence-electron chi connectivity index (χ2n) is 6.85. The van der Waals surface area contributed by atoms with Crippen LogP contribution in [-0.2, 0) is 14.4 Å². The van der Waals surface area contributed by atoms with E-state index in [1.807, 2.05) is 0 Å². The molecule has 1 saturated carbocycles. The molecule has 1 aromatic carbocycles. The molecule has 0 N–H and O–H groups in total. The van der Waals surface area contributed by atoms with Gasteiger partial charge in [-0.25, -0.2) is 0 Å². The number of ether oxygens (including phenoxy) is 1. The molecule has 1 saturated heterocycles. The van der Waals surface area contributed by atoms with E-state index in [1.54, 1.807) is 31.2 Å². The van der Waals surface area contributed by atoms with Crippen LogP contribution in [0.1, 0.15) is 55.8 Å². The Morgan fingerprint density at radius 3 is 2.15 bits per heavy atom. The minimum absolute atomic E-state index is 0.0235. The van der Waals surface area contributed by atoms with Crippen molar-refractivity contribution in [2.24, 2.45) is 11.8 Å². The topological polar surface area (TPSA) is 80.8 Å². The van der Waals surface area contributed by atoms with Crippen LogP contribution in [0.3, 0.4) is 0 Å². The summed E-state index contributed by atoms with van der Waals surface area (Å²) in [5.41, 5.74) is 0.572. The Balaban J connectivity index is 1.53. The molecule has 0 spiro atoms. The first kappa shape index (κ1) is 18.3. The SMILES string of the molecule is CCC(=O)c1ccc(OC(=O)CCN2C(=O)[C@H]3CCCC[C@H]3C2=O)cc1. The maximum absolute atomic E-state index is 12.4. The predicted octanol–water partition coefficient (Wildman–Crippen LogP) is 2.75. The summed E-state index contributed by atoms with van der Waals surface area (Å²) in [6.45, 7) is 1.85. The molecule has 6 nitrogen and oxygen atoms in total. The first-order valence-electron chi connectivity index (χ1n) is 9.20. The Labute approximate surface area is 152 Å². The number of fused-ring (bicyclic) bond motifs is 1. The van der Waals surface area contributed by atoms with Gasteiger partial charge < -0.3 is 4.74 Å². The number of amides is 2. The van der Waals surface area contributed by atoms with E-state index >= 15 is 0 Å². The highest BCUT2D eigenvalue weighted by atomic mass is 16.5. The molecular formula is C20H23NO5. The van der Waals surface area contributed by atoms with Crippen molar-refractivity contribution in [1.82, 2.24) is 4.90 Å². The van der Waals surface area contributed by atoms with Crippen LogP contribution in [0.2, 0.25) is 0 Å². The van der Waals surface area contributed by atoms with Gasteiger partial charge in [0.1, 0.15) is 5.75 Å². The Morgan fingerprint density at radius 1 is 1.04 bits per heavy atom. The zero-order valence-electron chi connectivity index (χ0n) is 14.9. The fourth-order valence-corrected chi connectivity index (χ4v) is 3.75. The Kier molecular flexibility index (Phi) is 5.49. The highest BCUT2D eigenvalue weighted by Gasteiger charge is 2.47. The first-order chi connectivity index (χ1) is 12.5. The third-order valence-corrected chi connectivity index (χ3v) is 5.20. The van der Waals surface area contributed by atoms with Crippen LogP contribution in [0, 0.1) is 11.8 Å². The van der Waals surface area contributed by atoms with Gasteiger partial charge >= 0.3 is 5.97 Å². The number of benzene rings is 1. The number of imide groups is 1. The van der Waals surface area contributed by atoms with Crippen molar-refractivity contribution in [3.8, 4) is 5.75 Å². The lowest BCUT2D eigenvalue weighted by atomic mass is 9.81. The summed E-state index contributed by atoms with van der Waals surface area (Å²) in [7, 11) is 0. The Morgan fingerprint density at radius 2 is 1.62 bits per heavy atom. The maximum atomic E-state index is 12.4. The zero-order valence-corrected chi connectivity index (χ0v) is 14.9. The van der Waals surface area contributed by atoms with Gasteiger partial charge in [0.2, 0.25) is 11.8 Å². The number of hydrogen-bond donors (Lipinski definition) is 0. The van der Waals surface area contributed by atoms with Crippen LogP contribution in [0.4, 0.5) is 0 Å². The molecule has 1 heterocycles. The number of nitrogens with zero attached hydrogens (tertiary/aromatic N) is 1. The summed E-state index contributed by atoms with van der Waals surface area (Å²) >= 11 is 0. The molecule has 0 aromatic heterocycles. The lowest BCUT2D eigenvalue weighted by Gasteiger charge is -2.19. The van der Waals surface area contributed by atoms with E-state index < -0.39 is 5.97 Å². The highest BCUT2D eigenvalue weighted by Crippen LogP contribution is 2.37. The van der Waals surface area contributed by atoms with E-state index in [4.69, 9.17) is 4.74 Å². The smallest absolute Gasteiger partial charge is 0.312 e. The molecule has 1 aromatic rings. The van der Waals surface area contributed by atoms with Crippen molar-refractivity contribution in [2.45, 2.75) is 45.4 Å². The summed E-state index contributed by atoms with van der Waals surface area (Å²) in [4.78, 5) is 49.6. The van der Waals surface area contributed by atoms with E-state index in [9.17, 15) is 19.2 Å². The van der Waals surface area contributed by atoms with Gasteiger partial charge in [0, 0.05) is 18.5 Å². The van der Waals surface area contributed by atoms with Gasteiger partial charge in [0.05, 0.1) is 18.3 Å². The normalized spacial score (nSPS) is 22.3. The average Bonchev–Trinajstić information content (AvgIpc) is 2.91. The number of likely N-dealkylation sites (tertiary alicyclic amines) is 1. The minimum Gasteiger partial charge on any atom is -0.426 e. The molecule has 2 amide bonds. The molecule has 0 unspecified atom stereocenters. The number of hydrogen-bond acceptors (Lipinski definition) is 5. The van der Waals surface area contributed by atoms with Gasteiger partial charge in [-0.2, -0.15) is 0 Å². The van der Waals surface area contributed by atoms with E-state index in [0.717, 1.165) is 25.7 Å². The van der Waals surface area contributed by atoms with Crippen LogP contribution in [0.15, 0.2) is 24.3 Å². The number of esters is 1. The van der Waals surface area contributed by atoms with Crippen LogP contribution in [0.25, 0.3) is 0 Å². The molecule has 1 aliphatic heterocycles. The van der Waals surface area contributed by atoms with Gasteiger partial charge in [0.15, 0.2) is 5.78 Å². The van der Waals surface area contributed by atoms with Crippen LogP contribution in [-0.4, -0.2) is 35.0 Å². The molecule has 138 valence electrons. The number of carbonyl (C=O) groups excluding carboxylic acids is 4. The largest absolute Gasteiger partial charge is 0.426 e. The lowest BCUT2D eigenvalue weighted by Crippen LogP contribution is -2.33. The first-order valence-corrected chi connectivity index (χ1v) is 9.20. The monoisotopic (exact) mass is 357 g/mol. The van der Waals surface area contributed by atoms with E-state index in [1.165, 1.54) is 4.90 Å². The summed E-state index contributed by atoms with van der Waals surface area (Å²) in [5, 5.41) is 0. The standard InChI is InChI=1S/C20H23NO5/c1-2-17(22)13-7-9-14(10-8-13)26-18(23)11-12-21-19(24)15-5-3-4-6-16(15)20(21)25/h7-10,15-16H,2-6,11-12H2,1H3/t15-,16+. The van der Waals surface area contributed by atoms with Crippen LogP contribution in [0.5, 0.6) is 5.75 Å². The molecule has 2 atom stereocenters. The van der Waals surface area contributed by atoms with Crippen molar-refractivity contribution in [1.29, 1.82) is 0 Å². The summed E-state index contributed by atoms with van der Waals surface area (Å²) in [6, 6.07) is 6.38. The molecule has 3 rings (SSSR count). The molecular weight excluding hydrogens is 334 g/mol. The van der Waals surface area contributed by atoms with Crippen molar-refractivity contribution >= 4 is 23.6 Å². The highest BCUT2D eigenvalue weighted by molar-refractivity contribution is 6.05. The number of Topliss-reactive ketones (excluding diaryl/α,β-unsaturated/α-hetero) is 1. The fraction of sp³-hybridized carbons (Fsp3) is 0.500. The summed E-state index contributed by atoms with van der Waals surface area (Å²) < 4.78 is 5.23. The van der Waals surface area contributed by atoms with Gasteiger partial charge in [-0.15, -0.1) is 0 Å². The number of ketones is 1. The van der Waals surface area contributed by atoms with Crippen molar-refractivity contribution in [3.05, 3.63) is 29.8 Å². The molecule has 6 heteroatoms. The van der Waals surface area contributed by atoms with E-state index in [2.05, 4.69) is 0 Å².